The van der Waals surface area contributed by atoms with Crippen LogP contribution in [0, 0.1) is 0 Å². The minimum absolute atomic E-state index is 0.654. The summed E-state index contributed by atoms with van der Waals surface area (Å²) in [5, 5.41) is 0. The summed E-state index contributed by atoms with van der Waals surface area (Å²) in [6.45, 7) is 9.51. The van der Waals surface area contributed by atoms with Gasteiger partial charge in [0.25, 0.3) is 0 Å². The van der Waals surface area contributed by atoms with Crippen molar-refractivity contribution in [1.29, 1.82) is 0 Å². The summed E-state index contributed by atoms with van der Waals surface area (Å²) >= 11 is 5.36. The molecule has 0 saturated carbocycles. The van der Waals surface area contributed by atoms with Crippen molar-refractivity contribution in [3.05, 3.63) is 11.6 Å². The van der Waals surface area contributed by atoms with Gasteiger partial charge in [0.1, 0.15) is 0 Å². The van der Waals surface area contributed by atoms with Gasteiger partial charge in [-0.05, 0) is 24.7 Å². The normalized spacial score (nSPS) is 13.3. The van der Waals surface area contributed by atoms with Crippen molar-refractivity contribution in [3.63, 3.8) is 0 Å². The van der Waals surface area contributed by atoms with Gasteiger partial charge in [-0.15, -0.1) is 0 Å². The van der Waals surface area contributed by atoms with Crippen molar-refractivity contribution in [1.82, 2.24) is 0 Å². The fraction of sp³-hybridized carbons (Fsp3) is 0.750. The second kappa shape index (κ2) is 4.96. The Bertz CT molecular complexity index is 132. The van der Waals surface area contributed by atoms with Crippen LogP contribution in [0.3, 0.4) is 0 Å². The molecule has 0 aliphatic carbocycles. The van der Waals surface area contributed by atoms with Crippen LogP contribution in [0.25, 0.3) is 0 Å². The summed E-state index contributed by atoms with van der Waals surface area (Å²) in [6, 6.07) is 0. The van der Waals surface area contributed by atoms with Crippen molar-refractivity contribution >= 4 is 19.9 Å². The first-order valence-electron chi connectivity index (χ1n) is 3.90. The average Bonchev–Trinajstić information content (AvgIpc) is 1.88. The third kappa shape index (κ3) is 4.61. The van der Waals surface area contributed by atoms with Gasteiger partial charge < -0.3 is 4.43 Å². The molecule has 0 N–H and O–H groups in total. The van der Waals surface area contributed by atoms with Crippen LogP contribution in [0.5, 0.6) is 0 Å². The fourth-order valence-electron chi connectivity index (χ4n) is 0.466. The molecule has 0 fully saturated rings. The molecule has 0 radical (unpaired) electrons. The zero-order valence-electron chi connectivity index (χ0n) is 7.73. The molecule has 0 rings (SSSR count). The van der Waals surface area contributed by atoms with Gasteiger partial charge >= 0.3 is 0 Å². The first-order valence-corrected chi connectivity index (χ1v) is 7.32. The molecular weight excluding hydrogens is 176 g/mol. The van der Waals surface area contributed by atoms with Crippen molar-refractivity contribution in [2.45, 2.75) is 32.5 Å². The molecule has 0 amide bonds. The van der Waals surface area contributed by atoms with Gasteiger partial charge in [0.2, 0.25) is 0 Å². The molecule has 0 aromatic carbocycles. The lowest BCUT2D eigenvalue weighted by Gasteiger charge is -2.25. The third-order valence-corrected chi connectivity index (χ3v) is 5.90. The number of halogens is 1. The SMILES string of the molecule is CC(C)[Si](C)(C)OC/C=C/Cl. The monoisotopic (exact) mass is 192 g/mol. The van der Waals surface area contributed by atoms with Gasteiger partial charge in [0.15, 0.2) is 8.32 Å². The second-order valence-corrected chi connectivity index (χ2v) is 8.33. The molecule has 0 atom stereocenters. The lowest BCUT2D eigenvalue weighted by molar-refractivity contribution is 0.345. The van der Waals surface area contributed by atoms with Crippen molar-refractivity contribution in [3.8, 4) is 0 Å². The molecule has 0 spiro atoms. The smallest absolute Gasteiger partial charge is 0.189 e. The maximum absolute atomic E-state index is 5.70. The van der Waals surface area contributed by atoms with Crippen molar-refractivity contribution in [2.24, 2.45) is 0 Å². The Hall–Kier alpha value is 0.207. The second-order valence-electron chi connectivity index (χ2n) is 3.43. The van der Waals surface area contributed by atoms with Gasteiger partial charge in [-0.25, -0.2) is 0 Å². The van der Waals surface area contributed by atoms with E-state index in [0.29, 0.717) is 12.1 Å². The molecule has 66 valence electrons. The lowest BCUT2D eigenvalue weighted by Crippen LogP contribution is -2.33. The van der Waals surface area contributed by atoms with Crippen LogP contribution in [0.4, 0.5) is 0 Å². The van der Waals surface area contributed by atoms with Crippen LogP contribution in [0.15, 0.2) is 11.6 Å². The predicted octanol–water partition coefficient (Wildman–Crippen LogP) is 3.37. The highest BCUT2D eigenvalue weighted by Crippen LogP contribution is 2.20. The highest BCUT2D eigenvalue weighted by molar-refractivity contribution is 6.72. The molecule has 11 heavy (non-hydrogen) atoms. The summed E-state index contributed by atoms with van der Waals surface area (Å²) in [5.74, 6) is 0. The molecule has 1 nitrogen and oxygen atoms in total. The summed E-state index contributed by atoms with van der Waals surface area (Å²) in [4.78, 5) is 0. The van der Waals surface area contributed by atoms with E-state index >= 15 is 0 Å². The molecular formula is C8H17ClOSi. The number of hydrogen-bond acceptors (Lipinski definition) is 1. The van der Waals surface area contributed by atoms with E-state index in [1.54, 1.807) is 0 Å². The van der Waals surface area contributed by atoms with E-state index in [1.807, 2.05) is 6.08 Å². The number of rotatable bonds is 4. The minimum Gasteiger partial charge on any atom is -0.413 e. The lowest BCUT2D eigenvalue weighted by atomic mass is 10.6. The Labute approximate surface area is 75.5 Å². The van der Waals surface area contributed by atoms with E-state index in [2.05, 4.69) is 26.9 Å². The Balaban J connectivity index is 3.73. The maximum atomic E-state index is 5.70. The Kier molecular flexibility index (Phi) is 5.05. The van der Waals surface area contributed by atoms with Crippen LogP contribution in [0.1, 0.15) is 13.8 Å². The topological polar surface area (TPSA) is 9.23 Å². The van der Waals surface area contributed by atoms with E-state index in [1.165, 1.54) is 5.54 Å². The molecule has 0 bridgehead atoms. The summed E-state index contributed by atoms with van der Waals surface area (Å²) in [6.07, 6.45) is 1.83. The molecule has 0 aliphatic rings. The average molecular weight is 193 g/mol. The van der Waals surface area contributed by atoms with Gasteiger partial charge in [-0.3, -0.25) is 0 Å². The van der Waals surface area contributed by atoms with Crippen LogP contribution in [-0.2, 0) is 4.43 Å². The largest absolute Gasteiger partial charge is 0.413 e. The van der Waals surface area contributed by atoms with Gasteiger partial charge in [-0.2, -0.15) is 0 Å². The highest BCUT2D eigenvalue weighted by Gasteiger charge is 2.25. The van der Waals surface area contributed by atoms with Gasteiger partial charge in [-0.1, -0.05) is 25.4 Å². The zero-order chi connectivity index (χ0) is 8.91. The summed E-state index contributed by atoms with van der Waals surface area (Å²) < 4.78 is 5.70. The molecule has 3 heteroatoms. The zero-order valence-corrected chi connectivity index (χ0v) is 9.48. The quantitative estimate of drug-likeness (QED) is 0.621. The van der Waals surface area contributed by atoms with E-state index in [-0.39, 0.29) is 0 Å². The molecule has 0 heterocycles. The van der Waals surface area contributed by atoms with Crippen LogP contribution in [0.2, 0.25) is 18.6 Å². The van der Waals surface area contributed by atoms with Gasteiger partial charge in [0, 0.05) is 5.54 Å². The van der Waals surface area contributed by atoms with Crippen molar-refractivity contribution in [2.75, 3.05) is 6.61 Å². The van der Waals surface area contributed by atoms with E-state index in [0.717, 1.165) is 0 Å². The van der Waals surface area contributed by atoms with E-state index in [9.17, 15) is 0 Å². The first kappa shape index (κ1) is 11.2. The summed E-state index contributed by atoms with van der Waals surface area (Å²) in [5.41, 5.74) is 2.16. The predicted molar refractivity (Wildman–Crippen MR) is 53.5 cm³/mol. The molecule has 0 aromatic rings. The Morgan fingerprint density at radius 3 is 2.36 bits per heavy atom. The fourth-order valence-corrected chi connectivity index (χ4v) is 1.40. The summed E-state index contributed by atoms with van der Waals surface area (Å²) in [7, 11) is -1.43. The van der Waals surface area contributed by atoms with Gasteiger partial charge in [0.05, 0.1) is 6.61 Å². The molecule has 0 aromatic heterocycles. The standard InChI is InChI=1S/C8H17ClOSi/c1-8(2)11(3,4)10-7-5-6-9/h5-6,8H,7H2,1-4H3/b6-5+. The molecule has 0 saturated heterocycles. The third-order valence-electron chi connectivity index (χ3n) is 2.03. The maximum Gasteiger partial charge on any atom is 0.189 e. The van der Waals surface area contributed by atoms with Crippen LogP contribution in [-0.4, -0.2) is 14.9 Å². The number of hydrogen-bond donors (Lipinski definition) is 0. The van der Waals surface area contributed by atoms with E-state index < -0.39 is 8.32 Å². The molecule has 0 aliphatic heterocycles. The minimum atomic E-state index is -1.43. The molecule has 0 unspecified atom stereocenters. The van der Waals surface area contributed by atoms with Crippen LogP contribution >= 0.6 is 11.6 Å². The first-order chi connectivity index (χ1) is 5.00. The Morgan fingerprint density at radius 1 is 1.45 bits per heavy atom. The highest BCUT2D eigenvalue weighted by atomic mass is 35.5. The van der Waals surface area contributed by atoms with Crippen LogP contribution < -0.4 is 0 Å². The Morgan fingerprint density at radius 2 is 2.00 bits per heavy atom. The van der Waals surface area contributed by atoms with E-state index in [4.69, 9.17) is 16.0 Å². The van der Waals surface area contributed by atoms with Crippen molar-refractivity contribution < 1.29 is 4.43 Å².